The number of benzene rings is 1. The van der Waals surface area contributed by atoms with Crippen LogP contribution in [-0.4, -0.2) is 40.5 Å². The molecule has 0 fully saturated rings. The van der Waals surface area contributed by atoms with Crippen LogP contribution in [0.4, 0.5) is 4.39 Å². The van der Waals surface area contributed by atoms with E-state index in [0.29, 0.717) is 6.54 Å². The Balaban J connectivity index is 2.72. The van der Waals surface area contributed by atoms with E-state index >= 15 is 0 Å². The van der Waals surface area contributed by atoms with Gasteiger partial charge < -0.3 is 10.6 Å². The van der Waals surface area contributed by atoms with Crippen molar-refractivity contribution in [1.82, 2.24) is 9.62 Å². The Bertz CT molecular complexity index is 574. The van der Waals surface area contributed by atoms with Crippen molar-refractivity contribution in [3.8, 4) is 0 Å². The van der Waals surface area contributed by atoms with Gasteiger partial charge in [-0.2, -0.15) is 0 Å². The number of nitrogens with one attached hydrogen (secondary N) is 1. The number of nitrogens with two attached hydrogens (primary N) is 1. The summed E-state index contributed by atoms with van der Waals surface area (Å²) in [5, 5.41) is 0. The predicted octanol–water partition coefficient (Wildman–Crippen LogP) is 1.21. The maximum Gasteiger partial charge on any atom is 0.240 e. The molecule has 0 atom stereocenters. The number of sulfonamides is 1. The normalized spacial score (nSPS) is 12.1. The van der Waals surface area contributed by atoms with Crippen molar-refractivity contribution in [3.63, 3.8) is 0 Å². The van der Waals surface area contributed by atoms with Gasteiger partial charge >= 0.3 is 0 Å². The molecule has 0 radical (unpaired) electrons. The first-order valence-corrected chi connectivity index (χ1v) is 8.39. The zero-order chi connectivity index (χ0) is 16.0. The van der Waals surface area contributed by atoms with Crippen molar-refractivity contribution in [1.29, 1.82) is 0 Å². The van der Waals surface area contributed by atoms with Crippen LogP contribution in [0.2, 0.25) is 0 Å². The molecule has 0 saturated carbocycles. The summed E-state index contributed by atoms with van der Waals surface area (Å²) in [4.78, 5) is 2.11. The van der Waals surface area contributed by atoms with E-state index in [1.165, 1.54) is 19.1 Å². The Kier molecular flexibility index (Phi) is 6.73. The highest BCUT2D eigenvalue weighted by atomic mass is 32.2. The van der Waals surface area contributed by atoms with E-state index in [1.54, 1.807) is 0 Å². The van der Waals surface area contributed by atoms with Gasteiger partial charge in [-0.05, 0) is 58.1 Å². The van der Waals surface area contributed by atoms with E-state index in [0.717, 1.165) is 19.4 Å². The van der Waals surface area contributed by atoms with Crippen LogP contribution in [0.3, 0.4) is 0 Å². The van der Waals surface area contributed by atoms with Gasteiger partial charge in [-0.15, -0.1) is 0 Å². The van der Waals surface area contributed by atoms with Crippen LogP contribution in [-0.2, 0) is 16.6 Å². The summed E-state index contributed by atoms with van der Waals surface area (Å²) in [7, 11) is 0.325. The Morgan fingerprint density at radius 1 is 1.29 bits per heavy atom. The molecule has 0 aliphatic rings. The average Bonchev–Trinajstić information content (AvgIpc) is 2.40. The lowest BCUT2D eigenvalue weighted by atomic mass is 10.1. The van der Waals surface area contributed by atoms with E-state index in [2.05, 4.69) is 4.72 Å². The van der Waals surface area contributed by atoms with Gasteiger partial charge in [-0.25, -0.2) is 17.5 Å². The largest absolute Gasteiger partial charge is 0.326 e. The van der Waals surface area contributed by atoms with Gasteiger partial charge in [0.25, 0.3) is 0 Å². The Labute approximate surface area is 126 Å². The summed E-state index contributed by atoms with van der Waals surface area (Å²) in [5.74, 6) is -0.442. The minimum atomic E-state index is -3.62. The molecule has 0 aliphatic heterocycles. The van der Waals surface area contributed by atoms with Gasteiger partial charge in [0.05, 0.1) is 4.90 Å². The lowest BCUT2D eigenvalue weighted by Crippen LogP contribution is -2.26. The third kappa shape index (κ3) is 5.35. The molecule has 0 aromatic heterocycles. The van der Waals surface area contributed by atoms with Crippen molar-refractivity contribution in [2.24, 2.45) is 5.73 Å². The zero-order valence-corrected chi connectivity index (χ0v) is 13.6. The van der Waals surface area contributed by atoms with Crippen LogP contribution in [0, 0.1) is 12.7 Å². The molecule has 5 nitrogen and oxygen atoms in total. The Morgan fingerprint density at radius 2 is 1.95 bits per heavy atom. The smallest absolute Gasteiger partial charge is 0.240 e. The van der Waals surface area contributed by atoms with Crippen LogP contribution in [0.15, 0.2) is 17.0 Å². The van der Waals surface area contributed by atoms with Crippen LogP contribution >= 0.6 is 0 Å². The van der Waals surface area contributed by atoms with Crippen molar-refractivity contribution in [2.75, 3.05) is 27.2 Å². The maximum absolute atomic E-state index is 13.7. The molecule has 0 bridgehead atoms. The molecule has 1 rings (SSSR count). The fourth-order valence-electron chi connectivity index (χ4n) is 1.95. The summed E-state index contributed by atoms with van der Waals surface area (Å²) in [6, 6.07) is 2.63. The molecular weight excluding hydrogens is 293 g/mol. The topological polar surface area (TPSA) is 75.4 Å². The molecule has 0 spiro atoms. The quantitative estimate of drug-likeness (QED) is 0.707. The Hall–Kier alpha value is -1.02. The minimum absolute atomic E-state index is 0.0289. The van der Waals surface area contributed by atoms with Crippen molar-refractivity contribution in [3.05, 3.63) is 29.1 Å². The summed E-state index contributed by atoms with van der Waals surface area (Å²) in [6.07, 6.45) is 1.66. The standard InChI is InChI=1S/C14H24FN3O2S/c1-11-8-13(9-12(10-16)14(11)15)21(19,20)17-6-4-5-7-18(2)3/h8-9,17H,4-7,10,16H2,1-3H3. The maximum atomic E-state index is 13.7. The summed E-state index contributed by atoms with van der Waals surface area (Å²) >= 11 is 0. The molecule has 120 valence electrons. The highest BCUT2D eigenvalue weighted by molar-refractivity contribution is 7.89. The van der Waals surface area contributed by atoms with Crippen molar-refractivity contribution >= 4 is 10.0 Å². The first-order valence-electron chi connectivity index (χ1n) is 6.91. The molecule has 0 heterocycles. The predicted molar refractivity (Wildman–Crippen MR) is 82.0 cm³/mol. The number of aryl methyl sites for hydroxylation is 1. The van der Waals surface area contributed by atoms with E-state index in [1.807, 2.05) is 19.0 Å². The van der Waals surface area contributed by atoms with Crippen LogP contribution in [0.25, 0.3) is 0 Å². The first kappa shape index (κ1) is 18.0. The third-order valence-electron chi connectivity index (χ3n) is 3.16. The van der Waals surface area contributed by atoms with Gasteiger partial charge in [0.2, 0.25) is 10.0 Å². The average molecular weight is 317 g/mol. The van der Waals surface area contributed by atoms with Crippen LogP contribution in [0.5, 0.6) is 0 Å². The minimum Gasteiger partial charge on any atom is -0.326 e. The lowest BCUT2D eigenvalue weighted by molar-refractivity contribution is 0.394. The highest BCUT2D eigenvalue weighted by Crippen LogP contribution is 2.18. The molecule has 0 aliphatic carbocycles. The van der Waals surface area contributed by atoms with E-state index in [-0.39, 0.29) is 22.6 Å². The molecule has 3 N–H and O–H groups in total. The van der Waals surface area contributed by atoms with E-state index in [4.69, 9.17) is 5.73 Å². The second kappa shape index (κ2) is 7.84. The van der Waals surface area contributed by atoms with Gasteiger partial charge in [0.15, 0.2) is 0 Å². The molecule has 1 aromatic carbocycles. The van der Waals surface area contributed by atoms with Crippen molar-refractivity contribution in [2.45, 2.75) is 31.2 Å². The molecule has 0 amide bonds. The first-order chi connectivity index (χ1) is 9.77. The monoisotopic (exact) mass is 317 g/mol. The fraction of sp³-hybridized carbons (Fsp3) is 0.571. The van der Waals surface area contributed by atoms with E-state index in [9.17, 15) is 12.8 Å². The van der Waals surface area contributed by atoms with Crippen LogP contribution in [0.1, 0.15) is 24.0 Å². The third-order valence-corrected chi connectivity index (χ3v) is 4.60. The number of unbranched alkanes of at least 4 members (excludes halogenated alkanes) is 1. The lowest BCUT2D eigenvalue weighted by Gasteiger charge is -2.11. The summed E-state index contributed by atoms with van der Waals surface area (Å²) in [6.45, 7) is 2.78. The second-order valence-electron chi connectivity index (χ2n) is 5.33. The molecular formula is C14H24FN3O2S. The number of hydrogen-bond donors (Lipinski definition) is 2. The SMILES string of the molecule is Cc1cc(S(=O)(=O)NCCCCN(C)C)cc(CN)c1F. The highest BCUT2D eigenvalue weighted by Gasteiger charge is 2.17. The second-order valence-corrected chi connectivity index (χ2v) is 7.09. The van der Waals surface area contributed by atoms with Gasteiger partial charge in [-0.1, -0.05) is 0 Å². The van der Waals surface area contributed by atoms with E-state index < -0.39 is 15.8 Å². The summed E-state index contributed by atoms with van der Waals surface area (Å²) in [5.41, 5.74) is 5.93. The number of hydrogen-bond acceptors (Lipinski definition) is 4. The molecule has 0 saturated heterocycles. The van der Waals surface area contributed by atoms with Gasteiger partial charge in [0.1, 0.15) is 5.82 Å². The Morgan fingerprint density at radius 3 is 2.52 bits per heavy atom. The summed E-state index contributed by atoms with van der Waals surface area (Å²) < 4.78 is 40.6. The molecule has 21 heavy (non-hydrogen) atoms. The fourth-order valence-corrected chi connectivity index (χ4v) is 3.16. The number of rotatable bonds is 8. The number of nitrogens with zero attached hydrogens (tertiary/aromatic N) is 1. The number of halogens is 1. The molecule has 0 unspecified atom stereocenters. The van der Waals surface area contributed by atoms with Crippen molar-refractivity contribution < 1.29 is 12.8 Å². The zero-order valence-electron chi connectivity index (χ0n) is 12.8. The molecule has 7 heteroatoms. The molecule has 1 aromatic rings. The van der Waals surface area contributed by atoms with Gasteiger partial charge in [-0.3, -0.25) is 0 Å². The van der Waals surface area contributed by atoms with Crippen LogP contribution < -0.4 is 10.5 Å². The van der Waals surface area contributed by atoms with Gasteiger partial charge in [0, 0.05) is 18.7 Å².